The van der Waals surface area contributed by atoms with Gasteiger partial charge in [0.25, 0.3) is 0 Å². The van der Waals surface area contributed by atoms with Crippen LogP contribution < -0.4 is 0 Å². The number of carboxylic acids is 1. The van der Waals surface area contributed by atoms with Crippen molar-refractivity contribution in [3.63, 3.8) is 0 Å². The number of nitrogens with zero attached hydrogens (tertiary/aromatic N) is 3. The minimum absolute atomic E-state index is 0.193. The first-order valence-electron chi connectivity index (χ1n) is 5.31. The minimum atomic E-state index is -0.981. The Balaban J connectivity index is 2.32. The zero-order valence-electron chi connectivity index (χ0n) is 9.88. The molecule has 2 aromatic rings. The topological polar surface area (TPSA) is 76.0 Å². The molecular weight excluding hydrogens is 270 g/mol. The van der Waals surface area contributed by atoms with Gasteiger partial charge in [0.05, 0.1) is 5.56 Å². The summed E-state index contributed by atoms with van der Waals surface area (Å²) in [7, 11) is 0. The summed E-state index contributed by atoms with van der Waals surface area (Å²) in [6.07, 6.45) is 0.768. The van der Waals surface area contributed by atoms with Gasteiger partial charge < -0.3 is 5.11 Å². The molecule has 0 aliphatic heterocycles. The van der Waals surface area contributed by atoms with Crippen molar-refractivity contribution >= 4 is 29.3 Å². The second-order valence-electron chi connectivity index (χ2n) is 3.54. The Bertz CT molecular complexity index is 583. The number of aromatic carboxylic acids is 1. The van der Waals surface area contributed by atoms with Crippen LogP contribution in [0.2, 0.25) is 0 Å². The van der Waals surface area contributed by atoms with Crippen LogP contribution in [0.15, 0.2) is 21.5 Å². The Kier molecular flexibility index (Phi) is 3.93. The van der Waals surface area contributed by atoms with E-state index >= 15 is 0 Å². The summed E-state index contributed by atoms with van der Waals surface area (Å²) in [5, 5.41) is 9.56. The number of hydrogen-bond acceptors (Lipinski definition) is 6. The van der Waals surface area contributed by atoms with Gasteiger partial charge in [0.15, 0.2) is 4.34 Å². The van der Waals surface area contributed by atoms with Crippen LogP contribution in [0, 0.1) is 6.92 Å². The van der Waals surface area contributed by atoms with Crippen LogP contribution in [0.1, 0.15) is 28.8 Å². The molecule has 0 atom stereocenters. The molecule has 18 heavy (non-hydrogen) atoms. The summed E-state index contributed by atoms with van der Waals surface area (Å²) in [5.74, 6) is -0.211. The van der Waals surface area contributed by atoms with Gasteiger partial charge in [0, 0.05) is 12.1 Å². The molecule has 0 aliphatic carbocycles. The fourth-order valence-electron chi connectivity index (χ4n) is 1.28. The highest BCUT2D eigenvalue weighted by molar-refractivity contribution is 8.01. The SMILES string of the molecule is CCc1nsc(Sc2nc(C)ccc2C(=O)O)n1. The van der Waals surface area contributed by atoms with Gasteiger partial charge in [-0.1, -0.05) is 6.92 Å². The first-order valence-corrected chi connectivity index (χ1v) is 6.90. The van der Waals surface area contributed by atoms with E-state index in [9.17, 15) is 4.79 Å². The first-order chi connectivity index (χ1) is 8.60. The van der Waals surface area contributed by atoms with Gasteiger partial charge in [0.1, 0.15) is 10.9 Å². The molecule has 1 N–H and O–H groups in total. The summed E-state index contributed by atoms with van der Waals surface area (Å²) < 4.78 is 4.88. The van der Waals surface area contributed by atoms with Crippen LogP contribution in [0.3, 0.4) is 0 Å². The number of carboxylic acid groups (broad SMARTS) is 1. The van der Waals surface area contributed by atoms with E-state index < -0.39 is 5.97 Å². The number of aromatic nitrogens is 3. The summed E-state index contributed by atoms with van der Waals surface area (Å²) in [4.78, 5) is 19.6. The molecule has 0 unspecified atom stereocenters. The maximum Gasteiger partial charge on any atom is 0.338 e. The van der Waals surface area contributed by atoms with Crippen molar-refractivity contribution in [3.05, 3.63) is 29.2 Å². The Morgan fingerprint density at radius 1 is 1.44 bits per heavy atom. The van der Waals surface area contributed by atoms with Crippen molar-refractivity contribution in [2.24, 2.45) is 0 Å². The second-order valence-corrected chi connectivity index (χ2v) is 5.53. The van der Waals surface area contributed by atoms with E-state index in [4.69, 9.17) is 5.11 Å². The lowest BCUT2D eigenvalue weighted by Gasteiger charge is -2.03. The van der Waals surface area contributed by atoms with E-state index in [1.165, 1.54) is 23.3 Å². The molecule has 5 nitrogen and oxygen atoms in total. The molecule has 2 heterocycles. The van der Waals surface area contributed by atoms with Crippen molar-refractivity contribution in [1.29, 1.82) is 0 Å². The molecule has 0 fully saturated rings. The monoisotopic (exact) mass is 281 g/mol. The summed E-state index contributed by atoms with van der Waals surface area (Å²) in [6, 6.07) is 3.25. The predicted octanol–water partition coefficient (Wildman–Crippen LogP) is 2.65. The first kappa shape index (κ1) is 13.0. The molecule has 0 saturated heterocycles. The van der Waals surface area contributed by atoms with Gasteiger partial charge in [-0.05, 0) is 42.4 Å². The second kappa shape index (κ2) is 5.45. The van der Waals surface area contributed by atoms with Gasteiger partial charge in [0.2, 0.25) is 0 Å². The lowest BCUT2D eigenvalue weighted by Crippen LogP contribution is -2.01. The molecular formula is C11H11N3O2S2. The van der Waals surface area contributed by atoms with Gasteiger partial charge in [-0.2, -0.15) is 4.37 Å². The molecule has 2 aromatic heterocycles. The Hall–Kier alpha value is -1.47. The van der Waals surface area contributed by atoms with Crippen LogP contribution in [-0.2, 0) is 6.42 Å². The number of rotatable bonds is 4. The van der Waals surface area contributed by atoms with Crippen LogP contribution in [-0.4, -0.2) is 25.4 Å². The minimum Gasteiger partial charge on any atom is -0.478 e. The van der Waals surface area contributed by atoms with E-state index in [2.05, 4.69) is 14.3 Å². The molecule has 0 spiro atoms. The van der Waals surface area contributed by atoms with Crippen LogP contribution in [0.5, 0.6) is 0 Å². The molecule has 0 aliphatic rings. The van der Waals surface area contributed by atoms with Crippen molar-refractivity contribution in [2.45, 2.75) is 29.6 Å². The number of pyridine rings is 1. The van der Waals surface area contributed by atoms with E-state index in [1.807, 2.05) is 13.8 Å². The largest absolute Gasteiger partial charge is 0.478 e. The summed E-state index contributed by atoms with van der Waals surface area (Å²) >= 11 is 2.51. The fourth-order valence-corrected chi connectivity index (χ4v) is 3.05. The molecule has 94 valence electrons. The third-order valence-corrected chi connectivity index (χ3v) is 3.97. The molecule has 0 aromatic carbocycles. The van der Waals surface area contributed by atoms with Crippen molar-refractivity contribution < 1.29 is 9.90 Å². The van der Waals surface area contributed by atoms with Crippen molar-refractivity contribution in [3.8, 4) is 0 Å². The maximum absolute atomic E-state index is 11.1. The molecule has 0 saturated carbocycles. The predicted molar refractivity (Wildman–Crippen MR) is 69.3 cm³/mol. The van der Waals surface area contributed by atoms with Gasteiger partial charge in [-0.25, -0.2) is 14.8 Å². The molecule has 2 rings (SSSR count). The average molecular weight is 281 g/mol. The maximum atomic E-state index is 11.1. The summed E-state index contributed by atoms with van der Waals surface area (Å²) in [5.41, 5.74) is 0.974. The smallest absolute Gasteiger partial charge is 0.338 e. The highest BCUT2D eigenvalue weighted by Gasteiger charge is 2.15. The van der Waals surface area contributed by atoms with Gasteiger partial charge in [-0.3, -0.25) is 0 Å². The highest BCUT2D eigenvalue weighted by atomic mass is 32.2. The Morgan fingerprint density at radius 2 is 2.22 bits per heavy atom. The van der Waals surface area contributed by atoms with E-state index in [1.54, 1.807) is 12.1 Å². The zero-order chi connectivity index (χ0) is 13.1. The fraction of sp³-hybridized carbons (Fsp3) is 0.273. The quantitative estimate of drug-likeness (QED) is 0.928. The normalized spacial score (nSPS) is 10.6. The average Bonchev–Trinajstić information content (AvgIpc) is 2.76. The summed E-state index contributed by atoms with van der Waals surface area (Å²) in [6.45, 7) is 3.80. The lowest BCUT2D eigenvalue weighted by atomic mass is 10.2. The van der Waals surface area contributed by atoms with Crippen molar-refractivity contribution in [1.82, 2.24) is 14.3 Å². The third kappa shape index (κ3) is 2.85. The lowest BCUT2D eigenvalue weighted by molar-refractivity contribution is 0.0692. The number of carbonyl (C=O) groups is 1. The molecule has 0 radical (unpaired) electrons. The van der Waals surface area contributed by atoms with E-state index in [0.717, 1.165) is 17.9 Å². The molecule has 7 heteroatoms. The van der Waals surface area contributed by atoms with E-state index in [0.29, 0.717) is 9.37 Å². The van der Waals surface area contributed by atoms with Crippen molar-refractivity contribution in [2.75, 3.05) is 0 Å². The highest BCUT2D eigenvalue weighted by Crippen LogP contribution is 2.30. The van der Waals surface area contributed by atoms with E-state index in [-0.39, 0.29) is 5.56 Å². The number of aryl methyl sites for hydroxylation is 2. The van der Waals surface area contributed by atoms with Crippen LogP contribution in [0.4, 0.5) is 0 Å². The van der Waals surface area contributed by atoms with Crippen LogP contribution >= 0.6 is 23.3 Å². The molecule has 0 bridgehead atoms. The molecule has 0 amide bonds. The standard InChI is InChI=1S/C11H11N3O2S2/c1-3-8-13-11(18-14-8)17-9-7(10(15)16)5-4-6(2)12-9/h4-5H,3H2,1-2H3,(H,15,16). The Morgan fingerprint density at radius 3 is 2.83 bits per heavy atom. The van der Waals surface area contributed by atoms with Gasteiger partial charge >= 0.3 is 5.97 Å². The van der Waals surface area contributed by atoms with Crippen LogP contribution in [0.25, 0.3) is 0 Å². The van der Waals surface area contributed by atoms with Gasteiger partial charge in [-0.15, -0.1) is 0 Å². The number of hydrogen-bond donors (Lipinski definition) is 1. The third-order valence-electron chi connectivity index (χ3n) is 2.18. The zero-order valence-corrected chi connectivity index (χ0v) is 11.5. The Labute approximate surface area is 112 Å².